The summed E-state index contributed by atoms with van der Waals surface area (Å²) in [6.07, 6.45) is 0. The van der Waals surface area contributed by atoms with Crippen molar-refractivity contribution in [1.29, 1.82) is 0 Å². The quantitative estimate of drug-likeness (QED) is 0.653. The zero-order chi connectivity index (χ0) is 14.1. The van der Waals surface area contributed by atoms with Gasteiger partial charge in [-0.05, 0) is 0 Å². The van der Waals surface area contributed by atoms with Gasteiger partial charge in [0.15, 0.2) is 0 Å². The molecule has 0 spiro atoms. The SMILES string of the molecule is O=S(=O)(OC(Cl)(Cl)Cl)OS(=O)(=O)OC(Cl)(Cl)Cl. The van der Waals surface area contributed by atoms with Gasteiger partial charge in [0, 0.05) is 0 Å². The summed E-state index contributed by atoms with van der Waals surface area (Å²) >= 11 is 29.5. The first-order valence-electron chi connectivity index (χ1n) is 2.88. The molecule has 0 bridgehead atoms. The van der Waals surface area contributed by atoms with E-state index in [0.717, 1.165) is 0 Å². The van der Waals surface area contributed by atoms with Crippen LogP contribution in [0.25, 0.3) is 0 Å². The third kappa shape index (κ3) is 11.1. The maximum atomic E-state index is 10.9. The molecule has 0 aliphatic carbocycles. The molecule has 0 amide bonds. The average molecular weight is 413 g/mol. The Morgan fingerprint density at radius 1 is 0.647 bits per heavy atom. The third-order valence-electron chi connectivity index (χ3n) is 0.560. The van der Waals surface area contributed by atoms with Gasteiger partial charge in [0.2, 0.25) is 0 Å². The first kappa shape index (κ1) is 18.5. The van der Waals surface area contributed by atoms with Crippen LogP contribution in [0.5, 0.6) is 0 Å². The van der Waals surface area contributed by atoms with Crippen LogP contribution in [0.3, 0.4) is 0 Å². The zero-order valence-corrected chi connectivity index (χ0v) is 13.1. The Hall–Kier alpha value is 1.52. The third-order valence-corrected chi connectivity index (χ3v) is 3.81. The van der Waals surface area contributed by atoms with Crippen LogP contribution in [0, 0.1) is 0 Å². The Kier molecular flexibility index (Phi) is 6.40. The summed E-state index contributed by atoms with van der Waals surface area (Å²) < 4.78 is 48.5. The Morgan fingerprint density at radius 3 is 1.06 bits per heavy atom. The molecule has 0 radical (unpaired) electrons. The Labute approximate surface area is 126 Å². The first-order chi connectivity index (χ1) is 7.12. The zero-order valence-electron chi connectivity index (χ0n) is 6.94. The van der Waals surface area contributed by atoms with Crippen LogP contribution in [0.4, 0.5) is 0 Å². The highest BCUT2D eigenvalue weighted by atomic mass is 35.6. The molecular formula is C2Cl6O7S2. The fourth-order valence-electron chi connectivity index (χ4n) is 0.361. The Bertz CT molecular complexity index is 410. The van der Waals surface area contributed by atoms with Gasteiger partial charge >= 0.3 is 28.8 Å². The molecular weight excluding hydrogens is 413 g/mol. The fourth-order valence-corrected chi connectivity index (χ4v) is 3.25. The van der Waals surface area contributed by atoms with Crippen LogP contribution in [-0.2, 0) is 32.8 Å². The molecule has 0 aliphatic rings. The van der Waals surface area contributed by atoms with Crippen molar-refractivity contribution in [2.45, 2.75) is 7.96 Å². The van der Waals surface area contributed by atoms with Gasteiger partial charge in [-0.25, -0.2) is 0 Å². The van der Waals surface area contributed by atoms with Crippen molar-refractivity contribution < 1.29 is 28.8 Å². The van der Waals surface area contributed by atoms with E-state index in [4.69, 9.17) is 69.6 Å². The lowest BCUT2D eigenvalue weighted by Crippen LogP contribution is -2.25. The van der Waals surface area contributed by atoms with Gasteiger partial charge in [0.05, 0.1) is 0 Å². The summed E-state index contributed by atoms with van der Waals surface area (Å²) in [5.74, 6) is 0. The lowest BCUT2D eigenvalue weighted by atomic mass is 11.7. The molecule has 104 valence electrons. The van der Waals surface area contributed by atoms with Crippen molar-refractivity contribution in [3.05, 3.63) is 0 Å². The maximum Gasteiger partial charge on any atom is 0.420 e. The van der Waals surface area contributed by atoms with E-state index in [1.807, 2.05) is 0 Å². The van der Waals surface area contributed by atoms with Crippen molar-refractivity contribution in [3.63, 3.8) is 0 Å². The highest BCUT2D eigenvalue weighted by Gasteiger charge is 2.38. The Balaban J connectivity index is 4.86. The predicted octanol–water partition coefficient (Wildman–Crippen LogP) is 2.18. The minimum atomic E-state index is -5.25. The van der Waals surface area contributed by atoms with E-state index in [9.17, 15) is 16.8 Å². The van der Waals surface area contributed by atoms with E-state index in [1.165, 1.54) is 0 Å². The normalized spacial score (nSPS) is 14.9. The van der Waals surface area contributed by atoms with Gasteiger partial charge in [0.25, 0.3) is 0 Å². The molecule has 0 unspecified atom stereocenters. The maximum absolute atomic E-state index is 10.9. The molecule has 0 aromatic heterocycles. The molecule has 15 heteroatoms. The molecule has 0 rings (SSSR count). The van der Waals surface area contributed by atoms with Crippen LogP contribution in [0.1, 0.15) is 0 Å². The van der Waals surface area contributed by atoms with E-state index < -0.39 is 28.8 Å². The summed E-state index contributed by atoms with van der Waals surface area (Å²) in [5.41, 5.74) is 0. The van der Waals surface area contributed by atoms with Crippen molar-refractivity contribution in [2.75, 3.05) is 0 Å². The van der Waals surface area contributed by atoms with Gasteiger partial charge in [-0.15, -0.1) is 3.63 Å². The molecule has 0 fully saturated rings. The molecule has 0 heterocycles. The van der Waals surface area contributed by atoms with E-state index >= 15 is 0 Å². The lowest BCUT2D eigenvalue weighted by molar-refractivity contribution is 0.238. The average Bonchev–Trinajstić information content (AvgIpc) is 1.65. The highest BCUT2D eigenvalue weighted by molar-refractivity contribution is 7.95. The van der Waals surface area contributed by atoms with Crippen molar-refractivity contribution in [3.8, 4) is 0 Å². The van der Waals surface area contributed by atoms with E-state index in [-0.39, 0.29) is 0 Å². The fraction of sp³-hybridized carbons (Fsp3) is 1.00. The molecule has 0 aliphatic heterocycles. The molecule has 0 saturated carbocycles. The van der Waals surface area contributed by atoms with Crippen LogP contribution >= 0.6 is 69.6 Å². The molecule has 0 aromatic rings. The summed E-state index contributed by atoms with van der Waals surface area (Å²) in [6, 6.07) is 0. The van der Waals surface area contributed by atoms with E-state index in [0.29, 0.717) is 0 Å². The summed E-state index contributed by atoms with van der Waals surface area (Å²) in [6.45, 7) is 0. The van der Waals surface area contributed by atoms with Gasteiger partial charge in [-0.3, -0.25) is 0 Å². The van der Waals surface area contributed by atoms with Gasteiger partial charge < -0.3 is 0 Å². The van der Waals surface area contributed by atoms with Gasteiger partial charge in [-0.1, -0.05) is 69.6 Å². The first-order valence-corrected chi connectivity index (χ1v) is 7.81. The van der Waals surface area contributed by atoms with Gasteiger partial charge in [-0.2, -0.15) is 25.2 Å². The number of hydrogen-bond donors (Lipinski definition) is 0. The predicted molar refractivity (Wildman–Crippen MR) is 61.7 cm³/mol. The standard InChI is InChI=1S/C2Cl6O7S2/c3-1(4,5)13-16(9,10)15-17(11,12)14-2(6,7)8. The monoisotopic (exact) mass is 410 g/mol. The van der Waals surface area contributed by atoms with E-state index in [1.54, 1.807) is 0 Å². The van der Waals surface area contributed by atoms with Crippen LogP contribution in [-0.4, -0.2) is 24.8 Å². The molecule has 7 nitrogen and oxygen atoms in total. The minimum Gasteiger partial charge on any atom is -0.193 e. The minimum absolute atomic E-state index is 2.78. The molecule has 0 aromatic carbocycles. The highest BCUT2D eigenvalue weighted by Crippen LogP contribution is 2.33. The molecule has 0 atom stereocenters. The van der Waals surface area contributed by atoms with Crippen LogP contribution in [0.15, 0.2) is 0 Å². The molecule has 0 N–H and O–H groups in total. The summed E-state index contributed by atoms with van der Waals surface area (Å²) in [4.78, 5) is 0. The van der Waals surface area contributed by atoms with Crippen LogP contribution < -0.4 is 0 Å². The molecule has 17 heavy (non-hydrogen) atoms. The van der Waals surface area contributed by atoms with Crippen molar-refractivity contribution in [2.24, 2.45) is 0 Å². The number of hydrogen-bond acceptors (Lipinski definition) is 7. The van der Waals surface area contributed by atoms with E-state index in [2.05, 4.69) is 12.0 Å². The Morgan fingerprint density at radius 2 is 0.882 bits per heavy atom. The second-order valence-corrected chi connectivity index (χ2v) is 8.81. The van der Waals surface area contributed by atoms with Crippen molar-refractivity contribution in [1.82, 2.24) is 0 Å². The smallest absolute Gasteiger partial charge is 0.193 e. The second-order valence-electron chi connectivity index (χ2n) is 1.94. The van der Waals surface area contributed by atoms with Gasteiger partial charge in [0.1, 0.15) is 0 Å². The topological polar surface area (TPSA) is 96.0 Å². The van der Waals surface area contributed by atoms with Crippen LogP contribution in [0.2, 0.25) is 0 Å². The summed E-state index contributed by atoms with van der Waals surface area (Å²) in [5, 5.41) is 0. The number of halogens is 6. The lowest BCUT2D eigenvalue weighted by Gasteiger charge is -2.13. The number of alkyl halides is 6. The van der Waals surface area contributed by atoms with Crippen molar-refractivity contribution >= 4 is 90.4 Å². The summed E-state index contributed by atoms with van der Waals surface area (Å²) in [7, 11) is -10.5. The number of rotatable bonds is 4. The molecule has 0 saturated heterocycles. The second kappa shape index (κ2) is 5.88. The largest absolute Gasteiger partial charge is 0.420 e.